The average Bonchev–Trinajstić information content (AvgIpc) is 2.78. The van der Waals surface area contributed by atoms with Crippen molar-refractivity contribution in [3.63, 3.8) is 0 Å². The maximum Gasteiger partial charge on any atom is 0.191 e. The Hall–Kier alpha value is -1.14. The highest BCUT2D eigenvalue weighted by atomic mass is 32.1. The van der Waals surface area contributed by atoms with E-state index in [-0.39, 0.29) is 0 Å². The summed E-state index contributed by atoms with van der Waals surface area (Å²) in [5, 5.41) is 8.05. The normalized spacial score (nSPS) is 18.2. The fourth-order valence-corrected chi connectivity index (χ4v) is 4.28. The first kappa shape index (κ1) is 20.2. The molecule has 1 aliphatic heterocycles. The van der Waals surface area contributed by atoms with Crippen molar-refractivity contribution in [2.45, 2.75) is 66.0 Å². The molecule has 142 valence electrons. The fraction of sp³-hybridized carbons (Fsp3) is 0.789. The molecule has 1 atom stereocenters. The molecule has 2 rings (SSSR count). The molecule has 5 nitrogen and oxygen atoms in total. The third-order valence-electron chi connectivity index (χ3n) is 5.06. The van der Waals surface area contributed by atoms with E-state index >= 15 is 0 Å². The minimum absolute atomic E-state index is 0.556. The standard InChI is InChI=1S/C19H35N5S/c1-14(2)17(24-10-8-6-7-9-11-24)12-21-19(20-5)22-13-18-23-15(3)16(4)25-18/h14,17H,6-13H2,1-5H3,(H2,20,21,22). The van der Waals surface area contributed by atoms with Crippen LogP contribution in [-0.2, 0) is 6.54 Å². The largest absolute Gasteiger partial charge is 0.355 e. The van der Waals surface area contributed by atoms with Crippen molar-refractivity contribution in [3.05, 3.63) is 15.6 Å². The van der Waals surface area contributed by atoms with Gasteiger partial charge in [-0.25, -0.2) is 4.98 Å². The van der Waals surface area contributed by atoms with Crippen LogP contribution in [0.15, 0.2) is 4.99 Å². The molecule has 1 aromatic rings. The van der Waals surface area contributed by atoms with Gasteiger partial charge in [-0.2, -0.15) is 0 Å². The lowest BCUT2D eigenvalue weighted by molar-refractivity contribution is 0.161. The summed E-state index contributed by atoms with van der Waals surface area (Å²) in [5.41, 5.74) is 1.13. The summed E-state index contributed by atoms with van der Waals surface area (Å²) < 4.78 is 0. The number of nitrogens with zero attached hydrogens (tertiary/aromatic N) is 3. The topological polar surface area (TPSA) is 52.6 Å². The number of hydrogen-bond acceptors (Lipinski definition) is 4. The van der Waals surface area contributed by atoms with E-state index in [1.165, 1.54) is 43.6 Å². The number of thiazole rings is 1. The average molecular weight is 366 g/mol. The van der Waals surface area contributed by atoms with E-state index in [0.29, 0.717) is 12.0 Å². The number of rotatable bonds is 6. The molecule has 0 radical (unpaired) electrons. The van der Waals surface area contributed by atoms with Crippen molar-refractivity contribution in [3.8, 4) is 0 Å². The maximum atomic E-state index is 4.59. The van der Waals surface area contributed by atoms with Gasteiger partial charge in [-0.05, 0) is 45.7 Å². The summed E-state index contributed by atoms with van der Waals surface area (Å²) in [5.74, 6) is 1.50. The zero-order valence-corrected chi connectivity index (χ0v) is 17.4. The van der Waals surface area contributed by atoms with E-state index in [4.69, 9.17) is 0 Å². The molecule has 1 saturated heterocycles. The first-order chi connectivity index (χ1) is 12.0. The van der Waals surface area contributed by atoms with Crippen LogP contribution in [0, 0.1) is 19.8 Å². The lowest BCUT2D eigenvalue weighted by Crippen LogP contribution is -2.49. The van der Waals surface area contributed by atoms with Crippen molar-refractivity contribution >= 4 is 17.3 Å². The highest BCUT2D eigenvalue weighted by Gasteiger charge is 2.22. The number of guanidine groups is 1. The molecule has 1 aromatic heterocycles. The molecule has 0 spiro atoms. The van der Waals surface area contributed by atoms with Gasteiger partial charge >= 0.3 is 0 Å². The van der Waals surface area contributed by atoms with E-state index in [2.05, 4.69) is 53.2 Å². The summed E-state index contributed by atoms with van der Waals surface area (Å²) >= 11 is 1.76. The van der Waals surface area contributed by atoms with Gasteiger partial charge in [-0.1, -0.05) is 26.7 Å². The summed E-state index contributed by atoms with van der Waals surface area (Å²) in [6.45, 7) is 13.0. The number of aryl methyl sites for hydroxylation is 2. The Morgan fingerprint density at radius 1 is 1.16 bits per heavy atom. The van der Waals surface area contributed by atoms with E-state index in [1.54, 1.807) is 11.3 Å². The van der Waals surface area contributed by atoms with Gasteiger partial charge in [0.15, 0.2) is 5.96 Å². The van der Waals surface area contributed by atoms with Gasteiger partial charge in [-0.3, -0.25) is 9.89 Å². The number of aromatic nitrogens is 1. The van der Waals surface area contributed by atoms with E-state index in [1.807, 2.05) is 7.05 Å². The minimum atomic E-state index is 0.556. The van der Waals surface area contributed by atoms with Crippen LogP contribution in [0.1, 0.15) is 55.1 Å². The zero-order valence-electron chi connectivity index (χ0n) is 16.6. The Labute approximate surface area is 157 Å². The molecule has 2 heterocycles. The fourth-order valence-electron chi connectivity index (χ4n) is 3.41. The van der Waals surface area contributed by atoms with Crippen molar-refractivity contribution in [1.82, 2.24) is 20.5 Å². The molecular weight excluding hydrogens is 330 g/mol. The van der Waals surface area contributed by atoms with E-state index in [9.17, 15) is 0 Å². The van der Waals surface area contributed by atoms with E-state index in [0.717, 1.165) is 29.8 Å². The molecule has 0 aromatic carbocycles. The molecule has 0 bridgehead atoms. The quantitative estimate of drug-likeness (QED) is 0.600. The Balaban J connectivity index is 1.86. The monoisotopic (exact) mass is 365 g/mol. The molecule has 2 N–H and O–H groups in total. The second kappa shape index (κ2) is 10.1. The minimum Gasteiger partial charge on any atom is -0.355 e. The molecule has 1 fully saturated rings. The second-order valence-corrected chi connectivity index (χ2v) is 8.61. The molecule has 0 aliphatic carbocycles. The van der Waals surface area contributed by atoms with Crippen LogP contribution in [0.3, 0.4) is 0 Å². The van der Waals surface area contributed by atoms with Crippen LogP contribution in [0.5, 0.6) is 0 Å². The molecule has 1 unspecified atom stereocenters. The van der Waals surface area contributed by atoms with Gasteiger partial charge in [0, 0.05) is 24.5 Å². The summed E-state index contributed by atoms with van der Waals surface area (Å²) in [6, 6.07) is 0.556. The predicted octanol–water partition coefficient (Wildman–Crippen LogP) is 3.33. The summed E-state index contributed by atoms with van der Waals surface area (Å²) in [6.07, 6.45) is 5.42. The third-order valence-corrected chi connectivity index (χ3v) is 6.13. The van der Waals surface area contributed by atoms with Crippen LogP contribution < -0.4 is 10.6 Å². The predicted molar refractivity (Wildman–Crippen MR) is 108 cm³/mol. The van der Waals surface area contributed by atoms with Gasteiger partial charge in [0.25, 0.3) is 0 Å². The number of likely N-dealkylation sites (tertiary alicyclic amines) is 1. The Kier molecular flexibility index (Phi) is 8.16. The lowest BCUT2D eigenvalue weighted by Gasteiger charge is -2.34. The van der Waals surface area contributed by atoms with Crippen molar-refractivity contribution in [2.75, 3.05) is 26.7 Å². The third kappa shape index (κ3) is 6.26. The highest BCUT2D eigenvalue weighted by molar-refractivity contribution is 7.11. The molecular formula is C19H35N5S. The zero-order chi connectivity index (χ0) is 18.2. The van der Waals surface area contributed by atoms with E-state index < -0.39 is 0 Å². The van der Waals surface area contributed by atoms with Crippen molar-refractivity contribution in [1.29, 1.82) is 0 Å². The first-order valence-electron chi connectivity index (χ1n) is 9.62. The van der Waals surface area contributed by atoms with Gasteiger partial charge in [0.05, 0.1) is 12.2 Å². The Morgan fingerprint density at radius 2 is 1.84 bits per heavy atom. The smallest absolute Gasteiger partial charge is 0.191 e. The van der Waals surface area contributed by atoms with Gasteiger partial charge in [0.2, 0.25) is 0 Å². The molecule has 0 saturated carbocycles. The number of hydrogen-bond donors (Lipinski definition) is 2. The van der Waals surface area contributed by atoms with Crippen LogP contribution in [-0.4, -0.2) is 48.6 Å². The molecule has 25 heavy (non-hydrogen) atoms. The van der Waals surface area contributed by atoms with Crippen molar-refractivity contribution in [2.24, 2.45) is 10.9 Å². The second-order valence-electron chi connectivity index (χ2n) is 7.32. The maximum absolute atomic E-state index is 4.59. The van der Waals surface area contributed by atoms with Crippen LogP contribution in [0.25, 0.3) is 0 Å². The Bertz CT molecular complexity index is 525. The number of nitrogens with one attached hydrogen (secondary N) is 2. The summed E-state index contributed by atoms with van der Waals surface area (Å²) in [7, 11) is 1.84. The highest BCUT2D eigenvalue weighted by Crippen LogP contribution is 2.17. The molecule has 6 heteroatoms. The van der Waals surface area contributed by atoms with Crippen molar-refractivity contribution < 1.29 is 0 Å². The van der Waals surface area contributed by atoms with Gasteiger partial charge in [0.1, 0.15) is 5.01 Å². The van der Waals surface area contributed by atoms with Gasteiger partial charge < -0.3 is 10.6 Å². The van der Waals surface area contributed by atoms with Crippen LogP contribution >= 0.6 is 11.3 Å². The molecule has 0 amide bonds. The van der Waals surface area contributed by atoms with Gasteiger partial charge in [-0.15, -0.1) is 11.3 Å². The SMILES string of the molecule is CN=C(NCc1nc(C)c(C)s1)NCC(C(C)C)N1CCCCCC1. The first-order valence-corrected chi connectivity index (χ1v) is 10.4. The van der Waals surface area contributed by atoms with Crippen LogP contribution in [0.2, 0.25) is 0 Å². The Morgan fingerprint density at radius 3 is 2.36 bits per heavy atom. The lowest BCUT2D eigenvalue weighted by atomic mass is 10.0. The molecule has 1 aliphatic rings. The number of aliphatic imine (C=N–C) groups is 1. The van der Waals surface area contributed by atoms with Crippen LogP contribution in [0.4, 0.5) is 0 Å². The summed E-state index contributed by atoms with van der Waals surface area (Å²) in [4.78, 5) is 12.9.